The molecule has 0 atom stereocenters. The molecule has 0 saturated carbocycles. The van der Waals surface area contributed by atoms with Gasteiger partial charge in [0.15, 0.2) is 0 Å². The van der Waals surface area contributed by atoms with Crippen LogP contribution in [0.5, 0.6) is 5.88 Å². The normalized spacial score (nSPS) is 9.79. The summed E-state index contributed by atoms with van der Waals surface area (Å²) in [6, 6.07) is 12.4. The molecule has 0 aliphatic carbocycles. The molecule has 2 rings (SSSR count). The van der Waals surface area contributed by atoms with E-state index in [1.54, 1.807) is 6.20 Å². The number of benzene rings is 1. The van der Waals surface area contributed by atoms with Gasteiger partial charge in [-0.2, -0.15) is 0 Å². The highest BCUT2D eigenvalue weighted by Crippen LogP contribution is 2.28. The summed E-state index contributed by atoms with van der Waals surface area (Å²) in [6.45, 7) is 10.1. The maximum Gasteiger partial charge on any atom is 0.221 e. The molecule has 2 aromatic rings. The second-order valence-electron chi connectivity index (χ2n) is 4.39. The number of rotatable bonds is 3. The zero-order valence-electron chi connectivity index (χ0n) is 12.5. The summed E-state index contributed by atoms with van der Waals surface area (Å²) < 4.78 is 5.72. The molecule has 0 fully saturated rings. The first-order valence-electron chi connectivity index (χ1n) is 6.85. The number of nitrogens with zero attached hydrogens (tertiary/aromatic N) is 1. The molecule has 0 unspecified atom stereocenters. The number of hydrogen-bond donors (Lipinski definition) is 0. The van der Waals surface area contributed by atoms with Gasteiger partial charge in [0.25, 0.3) is 0 Å². The largest absolute Gasteiger partial charge is 0.475 e. The third-order valence-corrected chi connectivity index (χ3v) is 2.48. The van der Waals surface area contributed by atoms with Crippen LogP contribution in [-0.2, 0) is 0 Å². The Morgan fingerprint density at radius 3 is 2.21 bits per heavy atom. The molecule has 102 valence electrons. The second-order valence-corrected chi connectivity index (χ2v) is 4.39. The van der Waals surface area contributed by atoms with Crippen molar-refractivity contribution < 1.29 is 4.74 Å². The Bertz CT molecular complexity index is 489. The van der Waals surface area contributed by atoms with Gasteiger partial charge in [0.1, 0.15) is 0 Å². The minimum Gasteiger partial charge on any atom is -0.475 e. The van der Waals surface area contributed by atoms with Crippen molar-refractivity contribution >= 4 is 0 Å². The van der Waals surface area contributed by atoms with E-state index in [2.05, 4.69) is 36.2 Å². The van der Waals surface area contributed by atoms with Gasteiger partial charge in [-0.1, -0.05) is 43.7 Å². The summed E-state index contributed by atoms with van der Waals surface area (Å²) in [6.07, 6.45) is 1.89. The fourth-order valence-corrected chi connectivity index (χ4v) is 1.66. The van der Waals surface area contributed by atoms with E-state index in [0.29, 0.717) is 5.88 Å². The molecular weight excluding hydrogens is 234 g/mol. The summed E-state index contributed by atoms with van der Waals surface area (Å²) in [5.41, 5.74) is 3.43. The average molecular weight is 257 g/mol. The lowest BCUT2D eigenvalue weighted by Crippen LogP contribution is -2.07. The van der Waals surface area contributed by atoms with Crippen molar-refractivity contribution in [2.45, 2.75) is 40.7 Å². The molecule has 0 spiro atoms. The van der Waals surface area contributed by atoms with Gasteiger partial charge in [0.2, 0.25) is 5.88 Å². The van der Waals surface area contributed by atoms with Gasteiger partial charge >= 0.3 is 0 Å². The molecule has 0 radical (unpaired) electrons. The summed E-state index contributed by atoms with van der Waals surface area (Å²) in [5.74, 6) is 0.700. The minimum absolute atomic E-state index is 0.133. The van der Waals surface area contributed by atoms with Crippen molar-refractivity contribution in [3.05, 3.63) is 48.2 Å². The fourth-order valence-electron chi connectivity index (χ4n) is 1.66. The van der Waals surface area contributed by atoms with Gasteiger partial charge in [-0.3, -0.25) is 0 Å². The summed E-state index contributed by atoms with van der Waals surface area (Å²) in [5, 5.41) is 0. The lowest BCUT2D eigenvalue weighted by molar-refractivity contribution is 0.234. The van der Waals surface area contributed by atoms with E-state index >= 15 is 0 Å². The van der Waals surface area contributed by atoms with E-state index in [0.717, 1.165) is 11.1 Å². The molecule has 0 bridgehead atoms. The Morgan fingerprint density at radius 1 is 1.00 bits per heavy atom. The summed E-state index contributed by atoms with van der Waals surface area (Å²) in [7, 11) is 0. The smallest absolute Gasteiger partial charge is 0.221 e. The number of pyridine rings is 1. The monoisotopic (exact) mass is 257 g/mol. The van der Waals surface area contributed by atoms with Crippen LogP contribution in [0.2, 0.25) is 0 Å². The van der Waals surface area contributed by atoms with Crippen molar-refractivity contribution in [1.82, 2.24) is 4.98 Å². The molecule has 1 aromatic carbocycles. The first-order valence-corrected chi connectivity index (χ1v) is 6.85. The first-order chi connectivity index (χ1) is 9.16. The topological polar surface area (TPSA) is 22.1 Å². The second kappa shape index (κ2) is 7.57. The highest BCUT2D eigenvalue weighted by atomic mass is 16.5. The van der Waals surface area contributed by atoms with E-state index in [-0.39, 0.29) is 6.10 Å². The number of aromatic nitrogens is 1. The fraction of sp³-hybridized carbons (Fsp3) is 0.353. The Kier molecular flexibility index (Phi) is 6.07. The summed E-state index contributed by atoms with van der Waals surface area (Å²) >= 11 is 0. The molecule has 19 heavy (non-hydrogen) atoms. The number of hydrogen-bond acceptors (Lipinski definition) is 2. The van der Waals surface area contributed by atoms with Gasteiger partial charge in [-0.15, -0.1) is 0 Å². The molecule has 1 heterocycles. The van der Waals surface area contributed by atoms with E-state index in [4.69, 9.17) is 4.74 Å². The van der Waals surface area contributed by atoms with Crippen LogP contribution in [0, 0.1) is 6.92 Å². The molecule has 0 aliphatic heterocycles. The zero-order valence-corrected chi connectivity index (χ0v) is 12.5. The predicted octanol–water partition coefficient (Wildman–Crippen LogP) is 4.87. The van der Waals surface area contributed by atoms with E-state index in [9.17, 15) is 0 Å². The quantitative estimate of drug-likeness (QED) is 0.782. The van der Waals surface area contributed by atoms with Gasteiger partial charge < -0.3 is 4.74 Å². The highest BCUT2D eigenvalue weighted by Gasteiger charge is 2.08. The van der Waals surface area contributed by atoms with Crippen LogP contribution < -0.4 is 4.74 Å². The van der Waals surface area contributed by atoms with Crippen molar-refractivity contribution in [2.75, 3.05) is 0 Å². The lowest BCUT2D eigenvalue weighted by Gasteiger charge is -2.12. The highest BCUT2D eigenvalue weighted by molar-refractivity contribution is 5.68. The lowest BCUT2D eigenvalue weighted by atomic mass is 10.1. The van der Waals surface area contributed by atoms with Gasteiger partial charge in [-0.05, 0) is 38.5 Å². The molecule has 0 saturated heterocycles. The number of aryl methyl sites for hydroxylation is 1. The standard InChI is InChI=1S/C15H17NO.C2H6/c1-11(2)17-15-14(5-4-10-16-15)13-8-6-12(3)7-9-13;1-2/h4-11H,1-3H3;1-2H3. The predicted molar refractivity (Wildman–Crippen MR) is 81.5 cm³/mol. The maximum absolute atomic E-state index is 5.72. The molecular formula is C17H23NO. The third kappa shape index (κ3) is 4.40. The molecule has 2 heteroatoms. The van der Waals surface area contributed by atoms with Crippen LogP contribution >= 0.6 is 0 Å². The zero-order chi connectivity index (χ0) is 14.3. The molecule has 1 aromatic heterocycles. The Morgan fingerprint density at radius 2 is 1.63 bits per heavy atom. The van der Waals surface area contributed by atoms with Gasteiger partial charge in [-0.25, -0.2) is 4.98 Å². The van der Waals surface area contributed by atoms with Crippen LogP contribution in [-0.4, -0.2) is 11.1 Å². The molecule has 0 amide bonds. The summed E-state index contributed by atoms with van der Waals surface area (Å²) in [4.78, 5) is 4.30. The first kappa shape index (κ1) is 15.2. The van der Waals surface area contributed by atoms with Crippen LogP contribution in [0.1, 0.15) is 33.3 Å². The van der Waals surface area contributed by atoms with Gasteiger partial charge in [0, 0.05) is 11.8 Å². The van der Waals surface area contributed by atoms with Crippen molar-refractivity contribution in [3.8, 4) is 17.0 Å². The van der Waals surface area contributed by atoms with Gasteiger partial charge in [0.05, 0.1) is 6.10 Å². The maximum atomic E-state index is 5.72. The van der Waals surface area contributed by atoms with Crippen LogP contribution in [0.15, 0.2) is 42.6 Å². The minimum atomic E-state index is 0.133. The number of ether oxygens (including phenoxy) is 1. The third-order valence-electron chi connectivity index (χ3n) is 2.48. The average Bonchev–Trinajstić information content (AvgIpc) is 2.42. The van der Waals surface area contributed by atoms with E-state index in [1.807, 2.05) is 39.8 Å². The Balaban J connectivity index is 0.000000861. The van der Waals surface area contributed by atoms with Crippen molar-refractivity contribution in [1.29, 1.82) is 0 Å². The SMILES string of the molecule is CC.Cc1ccc(-c2cccnc2OC(C)C)cc1. The molecule has 2 nitrogen and oxygen atoms in total. The molecule has 0 aliphatic rings. The van der Waals surface area contributed by atoms with E-state index in [1.165, 1.54) is 5.56 Å². The van der Waals surface area contributed by atoms with Crippen LogP contribution in [0.25, 0.3) is 11.1 Å². The van der Waals surface area contributed by atoms with Crippen LogP contribution in [0.4, 0.5) is 0 Å². The Hall–Kier alpha value is -1.83. The van der Waals surface area contributed by atoms with Crippen molar-refractivity contribution in [3.63, 3.8) is 0 Å². The van der Waals surface area contributed by atoms with Crippen molar-refractivity contribution in [2.24, 2.45) is 0 Å². The van der Waals surface area contributed by atoms with Crippen LogP contribution in [0.3, 0.4) is 0 Å². The Labute approximate surface area is 116 Å². The van der Waals surface area contributed by atoms with E-state index < -0.39 is 0 Å². The molecule has 0 N–H and O–H groups in total.